The van der Waals surface area contributed by atoms with Crippen LogP contribution >= 0.6 is 0 Å². The highest BCUT2D eigenvalue weighted by molar-refractivity contribution is 5.69. The van der Waals surface area contributed by atoms with E-state index in [0.29, 0.717) is 12.8 Å². The van der Waals surface area contributed by atoms with Crippen molar-refractivity contribution in [2.75, 3.05) is 33.0 Å². The van der Waals surface area contributed by atoms with Crippen molar-refractivity contribution in [1.82, 2.24) is 9.80 Å². The molecule has 1 unspecified atom stereocenters. The molecule has 2 heterocycles. The molecule has 0 bridgehead atoms. The average Bonchev–Trinajstić information content (AvgIpc) is 3.23. The maximum atomic E-state index is 5.54. The number of benzene rings is 2. The molecular formula is C24H28N2O2. The van der Waals surface area contributed by atoms with Crippen LogP contribution in [0.15, 0.2) is 54.6 Å². The van der Waals surface area contributed by atoms with Gasteiger partial charge in [-0.3, -0.25) is 9.80 Å². The smallest absolute Gasteiger partial charge is 0.231 e. The van der Waals surface area contributed by atoms with Gasteiger partial charge in [0, 0.05) is 38.8 Å². The van der Waals surface area contributed by atoms with Crippen LogP contribution in [0, 0.1) is 0 Å². The largest absolute Gasteiger partial charge is 0.454 e. The van der Waals surface area contributed by atoms with Gasteiger partial charge in [0.25, 0.3) is 0 Å². The van der Waals surface area contributed by atoms with Gasteiger partial charge in [0.2, 0.25) is 6.79 Å². The van der Waals surface area contributed by atoms with E-state index in [2.05, 4.69) is 58.3 Å². The zero-order valence-electron chi connectivity index (χ0n) is 16.3. The Hall–Kier alpha value is -2.30. The van der Waals surface area contributed by atoms with E-state index in [0.717, 1.165) is 30.9 Å². The zero-order valence-corrected chi connectivity index (χ0v) is 16.3. The van der Waals surface area contributed by atoms with Crippen molar-refractivity contribution in [2.45, 2.75) is 31.8 Å². The first-order valence-electron chi connectivity index (χ1n) is 10.4. The molecule has 0 amide bonds. The van der Waals surface area contributed by atoms with Crippen LogP contribution in [-0.2, 0) is 6.54 Å². The second kappa shape index (κ2) is 7.98. The third-order valence-electron chi connectivity index (χ3n) is 6.30. The second-order valence-electron chi connectivity index (χ2n) is 8.02. The van der Waals surface area contributed by atoms with Gasteiger partial charge in [-0.25, -0.2) is 0 Å². The van der Waals surface area contributed by atoms with Crippen molar-refractivity contribution in [1.29, 1.82) is 0 Å². The van der Waals surface area contributed by atoms with Crippen LogP contribution in [0.5, 0.6) is 11.5 Å². The minimum absolute atomic E-state index is 0.343. The van der Waals surface area contributed by atoms with Gasteiger partial charge >= 0.3 is 0 Å². The zero-order chi connectivity index (χ0) is 18.8. The maximum Gasteiger partial charge on any atom is 0.231 e. The van der Waals surface area contributed by atoms with E-state index in [4.69, 9.17) is 9.47 Å². The molecular weight excluding hydrogens is 348 g/mol. The van der Waals surface area contributed by atoms with E-state index < -0.39 is 0 Å². The number of hydrogen-bond acceptors (Lipinski definition) is 4. The minimum Gasteiger partial charge on any atom is -0.454 e. The molecule has 1 atom stereocenters. The van der Waals surface area contributed by atoms with E-state index in [1.807, 2.05) is 6.07 Å². The number of piperazine rings is 1. The van der Waals surface area contributed by atoms with Gasteiger partial charge in [0.1, 0.15) is 0 Å². The Kier molecular flexibility index (Phi) is 5.06. The summed E-state index contributed by atoms with van der Waals surface area (Å²) in [7, 11) is 0. The average molecular weight is 377 g/mol. The highest BCUT2D eigenvalue weighted by Crippen LogP contribution is 2.37. The molecule has 0 spiro atoms. The lowest BCUT2D eigenvalue weighted by Crippen LogP contribution is -2.50. The van der Waals surface area contributed by atoms with Gasteiger partial charge in [0.15, 0.2) is 11.5 Å². The molecule has 0 aromatic heterocycles. The molecule has 2 aromatic carbocycles. The van der Waals surface area contributed by atoms with Crippen molar-refractivity contribution in [3.63, 3.8) is 0 Å². The highest BCUT2D eigenvalue weighted by Gasteiger charge is 2.26. The van der Waals surface area contributed by atoms with Gasteiger partial charge in [-0.15, -0.1) is 0 Å². The molecule has 4 nitrogen and oxygen atoms in total. The molecule has 5 rings (SSSR count). The normalized spacial score (nSPS) is 22.9. The van der Waals surface area contributed by atoms with Crippen LogP contribution < -0.4 is 9.47 Å². The number of rotatable bonds is 4. The first kappa shape index (κ1) is 17.8. The Morgan fingerprint density at radius 3 is 2.50 bits per heavy atom. The number of fused-ring (bicyclic) bond motifs is 1. The van der Waals surface area contributed by atoms with Crippen LogP contribution in [0.3, 0.4) is 0 Å². The lowest BCUT2D eigenvalue weighted by Gasteiger charge is -2.40. The maximum absolute atomic E-state index is 5.54. The molecule has 1 fully saturated rings. The van der Waals surface area contributed by atoms with Gasteiger partial charge < -0.3 is 9.47 Å². The van der Waals surface area contributed by atoms with Crippen LogP contribution in [-0.4, -0.2) is 48.8 Å². The van der Waals surface area contributed by atoms with Gasteiger partial charge in [-0.2, -0.15) is 0 Å². The summed E-state index contributed by atoms with van der Waals surface area (Å²) in [6, 6.07) is 17.9. The SMILES string of the molecule is C1=C(c2ccc3c(c2)OCO3)CCC(N2CCN(Cc3ccccc3)CC2)C1. The molecule has 4 heteroatoms. The Balaban J connectivity index is 1.15. The summed E-state index contributed by atoms with van der Waals surface area (Å²) in [4.78, 5) is 5.29. The molecule has 0 radical (unpaired) electrons. The highest BCUT2D eigenvalue weighted by atomic mass is 16.7. The molecule has 146 valence electrons. The van der Waals surface area contributed by atoms with Crippen LogP contribution in [0.25, 0.3) is 5.57 Å². The van der Waals surface area contributed by atoms with Crippen molar-refractivity contribution < 1.29 is 9.47 Å². The van der Waals surface area contributed by atoms with Crippen molar-refractivity contribution in [2.24, 2.45) is 0 Å². The predicted octanol–water partition coefficient (Wildman–Crippen LogP) is 4.17. The lowest BCUT2D eigenvalue weighted by atomic mass is 9.89. The Bertz CT molecular complexity index is 841. The summed E-state index contributed by atoms with van der Waals surface area (Å²) in [5.41, 5.74) is 4.16. The molecule has 2 aromatic rings. The van der Waals surface area contributed by atoms with E-state index in [9.17, 15) is 0 Å². The third kappa shape index (κ3) is 3.80. The van der Waals surface area contributed by atoms with E-state index in [1.54, 1.807) is 0 Å². The summed E-state index contributed by atoms with van der Waals surface area (Å²) < 4.78 is 11.0. The Labute approximate surface area is 167 Å². The molecule has 3 aliphatic rings. The fourth-order valence-corrected chi connectivity index (χ4v) is 4.64. The van der Waals surface area contributed by atoms with E-state index in [1.165, 1.54) is 49.3 Å². The van der Waals surface area contributed by atoms with Gasteiger partial charge in [-0.05, 0) is 48.1 Å². The lowest BCUT2D eigenvalue weighted by molar-refractivity contribution is 0.0881. The van der Waals surface area contributed by atoms with Crippen LogP contribution in [0.4, 0.5) is 0 Å². The molecule has 0 N–H and O–H groups in total. The first-order chi connectivity index (χ1) is 13.8. The Morgan fingerprint density at radius 2 is 1.71 bits per heavy atom. The molecule has 28 heavy (non-hydrogen) atoms. The fourth-order valence-electron chi connectivity index (χ4n) is 4.64. The van der Waals surface area contributed by atoms with Gasteiger partial charge in [-0.1, -0.05) is 42.5 Å². The predicted molar refractivity (Wildman–Crippen MR) is 111 cm³/mol. The summed E-state index contributed by atoms with van der Waals surface area (Å²) in [5.74, 6) is 1.75. The van der Waals surface area contributed by atoms with Crippen molar-refractivity contribution in [3.05, 3.63) is 65.7 Å². The topological polar surface area (TPSA) is 24.9 Å². The minimum atomic E-state index is 0.343. The molecule has 1 aliphatic carbocycles. The number of hydrogen-bond donors (Lipinski definition) is 0. The summed E-state index contributed by atoms with van der Waals surface area (Å²) in [6.07, 6.45) is 6.00. The monoisotopic (exact) mass is 376 g/mol. The molecule has 2 aliphatic heterocycles. The first-order valence-corrected chi connectivity index (χ1v) is 10.4. The fraction of sp³-hybridized carbons (Fsp3) is 0.417. The quantitative estimate of drug-likeness (QED) is 0.800. The number of nitrogens with zero attached hydrogens (tertiary/aromatic N) is 2. The third-order valence-corrected chi connectivity index (χ3v) is 6.30. The number of ether oxygens (including phenoxy) is 2. The summed E-state index contributed by atoms with van der Waals surface area (Å²) in [6.45, 7) is 6.13. The van der Waals surface area contributed by atoms with E-state index >= 15 is 0 Å². The Morgan fingerprint density at radius 1 is 0.893 bits per heavy atom. The molecule has 1 saturated heterocycles. The summed E-state index contributed by atoms with van der Waals surface area (Å²) in [5, 5.41) is 0. The standard InChI is InChI=1S/C24H28N2O2/c1-2-4-19(5-3-1)17-25-12-14-26(15-13-25)22-9-6-20(7-10-22)21-8-11-23-24(16-21)28-18-27-23/h1-6,8,11,16,22H,7,9-10,12-15,17-18H2. The summed E-state index contributed by atoms with van der Waals surface area (Å²) >= 11 is 0. The second-order valence-corrected chi connectivity index (χ2v) is 8.02. The van der Waals surface area contributed by atoms with Crippen molar-refractivity contribution >= 4 is 5.57 Å². The van der Waals surface area contributed by atoms with E-state index in [-0.39, 0.29) is 0 Å². The van der Waals surface area contributed by atoms with Crippen molar-refractivity contribution in [3.8, 4) is 11.5 Å². The van der Waals surface area contributed by atoms with Gasteiger partial charge in [0.05, 0.1) is 0 Å². The molecule has 0 saturated carbocycles. The number of allylic oxidation sites excluding steroid dienone is 1. The van der Waals surface area contributed by atoms with Crippen LogP contribution in [0.1, 0.15) is 30.4 Å². The van der Waals surface area contributed by atoms with Crippen LogP contribution in [0.2, 0.25) is 0 Å².